The first kappa shape index (κ1) is 14.7. The lowest BCUT2D eigenvalue weighted by Crippen LogP contribution is -2.38. The first-order valence-corrected chi connectivity index (χ1v) is 7.23. The van der Waals surface area contributed by atoms with E-state index in [0.29, 0.717) is 29.6 Å². The SMILES string of the molecule is CCNC(=O)CN(CC1CC1)c1ccc(C#N)c(Cl)c1. The van der Waals surface area contributed by atoms with Gasteiger partial charge in [0.05, 0.1) is 17.1 Å². The maximum atomic E-state index is 11.8. The Bertz CT molecular complexity index is 534. The first-order valence-electron chi connectivity index (χ1n) is 6.85. The Labute approximate surface area is 124 Å². The van der Waals surface area contributed by atoms with E-state index in [4.69, 9.17) is 16.9 Å². The first-order chi connectivity index (χ1) is 9.63. The summed E-state index contributed by atoms with van der Waals surface area (Å²) in [6.07, 6.45) is 2.44. The molecule has 0 atom stereocenters. The third kappa shape index (κ3) is 3.88. The number of amides is 1. The molecule has 1 aromatic carbocycles. The lowest BCUT2D eigenvalue weighted by atomic mass is 10.2. The zero-order valence-electron chi connectivity index (χ0n) is 11.5. The molecule has 5 heteroatoms. The number of nitriles is 1. The van der Waals surface area contributed by atoms with Gasteiger partial charge < -0.3 is 10.2 Å². The Morgan fingerprint density at radius 1 is 1.55 bits per heavy atom. The summed E-state index contributed by atoms with van der Waals surface area (Å²) in [6.45, 7) is 3.72. The molecule has 106 valence electrons. The predicted octanol–water partition coefficient (Wildman–Crippen LogP) is 2.56. The van der Waals surface area contributed by atoms with E-state index in [1.54, 1.807) is 12.1 Å². The Kier molecular flexibility index (Phi) is 4.86. The average Bonchev–Trinajstić information content (AvgIpc) is 3.22. The summed E-state index contributed by atoms with van der Waals surface area (Å²) in [6, 6.07) is 7.37. The molecule has 1 aromatic rings. The largest absolute Gasteiger partial charge is 0.362 e. The summed E-state index contributed by atoms with van der Waals surface area (Å²) >= 11 is 6.07. The van der Waals surface area contributed by atoms with Crippen LogP contribution in [0.3, 0.4) is 0 Å². The molecule has 0 bridgehead atoms. The van der Waals surface area contributed by atoms with Crippen molar-refractivity contribution in [1.29, 1.82) is 5.26 Å². The van der Waals surface area contributed by atoms with Crippen LogP contribution in [0.15, 0.2) is 18.2 Å². The van der Waals surface area contributed by atoms with Gasteiger partial charge in [-0.1, -0.05) is 11.6 Å². The molecule has 1 saturated carbocycles. The topological polar surface area (TPSA) is 56.1 Å². The number of rotatable bonds is 6. The van der Waals surface area contributed by atoms with Crippen molar-refractivity contribution in [2.24, 2.45) is 5.92 Å². The molecule has 0 unspecified atom stereocenters. The second-order valence-electron chi connectivity index (χ2n) is 5.05. The Morgan fingerprint density at radius 2 is 2.30 bits per heavy atom. The quantitative estimate of drug-likeness (QED) is 0.876. The molecule has 1 aliphatic rings. The second-order valence-corrected chi connectivity index (χ2v) is 5.46. The molecule has 0 heterocycles. The molecule has 1 amide bonds. The number of benzene rings is 1. The molecule has 0 saturated heterocycles. The summed E-state index contributed by atoms with van der Waals surface area (Å²) in [4.78, 5) is 13.8. The highest BCUT2D eigenvalue weighted by atomic mass is 35.5. The fraction of sp³-hybridized carbons (Fsp3) is 0.467. The molecule has 0 spiro atoms. The van der Waals surface area contributed by atoms with Crippen LogP contribution >= 0.6 is 11.6 Å². The van der Waals surface area contributed by atoms with Crippen LogP contribution in [0.2, 0.25) is 5.02 Å². The van der Waals surface area contributed by atoms with E-state index in [2.05, 4.69) is 5.32 Å². The standard InChI is InChI=1S/C15H18ClN3O/c1-2-18-15(20)10-19(9-11-3-4-11)13-6-5-12(8-17)14(16)7-13/h5-7,11H,2-4,9-10H2,1H3,(H,18,20). The summed E-state index contributed by atoms with van der Waals surface area (Å²) in [5.41, 5.74) is 1.35. The van der Waals surface area contributed by atoms with E-state index in [1.807, 2.05) is 24.0 Å². The highest BCUT2D eigenvalue weighted by Crippen LogP contribution is 2.32. The van der Waals surface area contributed by atoms with Crippen LogP contribution in [-0.4, -0.2) is 25.5 Å². The highest BCUT2D eigenvalue weighted by molar-refractivity contribution is 6.32. The van der Waals surface area contributed by atoms with E-state index in [1.165, 1.54) is 12.8 Å². The van der Waals surface area contributed by atoms with Gasteiger partial charge in [0.2, 0.25) is 5.91 Å². The van der Waals surface area contributed by atoms with Crippen molar-refractivity contribution in [2.75, 3.05) is 24.5 Å². The van der Waals surface area contributed by atoms with Crippen molar-refractivity contribution < 1.29 is 4.79 Å². The number of anilines is 1. The predicted molar refractivity (Wildman–Crippen MR) is 79.8 cm³/mol. The fourth-order valence-electron chi connectivity index (χ4n) is 2.09. The number of hydrogen-bond donors (Lipinski definition) is 1. The van der Waals surface area contributed by atoms with Crippen LogP contribution in [0.4, 0.5) is 5.69 Å². The molecule has 2 rings (SSSR count). The van der Waals surface area contributed by atoms with Gasteiger partial charge in [0.1, 0.15) is 6.07 Å². The molecule has 0 aliphatic heterocycles. The summed E-state index contributed by atoms with van der Waals surface area (Å²) in [5.74, 6) is 0.674. The molecular formula is C15H18ClN3O. The summed E-state index contributed by atoms with van der Waals surface area (Å²) in [7, 11) is 0. The Morgan fingerprint density at radius 3 is 2.85 bits per heavy atom. The Balaban J connectivity index is 2.14. The summed E-state index contributed by atoms with van der Waals surface area (Å²) < 4.78 is 0. The minimum absolute atomic E-state index is 0.00799. The van der Waals surface area contributed by atoms with E-state index < -0.39 is 0 Å². The van der Waals surface area contributed by atoms with Crippen molar-refractivity contribution in [1.82, 2.24) is 5.32 Å². The average molecular weight is 292 g/mol. The third-order valence-electron chi connectivity index (χ3n) is 3.32. The van der Waals surface area contributed by atoms with E-state index >= 15 is 0 Å². The number of nitrogens with zero attached hydrogens (tertiary/aromatic N) is 2. The lowest BCUT2D eigenvalue weighted by Gasteiger charge is -2.24. The zero-order valence-corrected chi connectivity index (χ0v) is 12.3. The number of carbonyl (C=O) groups excluding carboxylic acids is 1. The van der Waals surface area contributed by atoms with E-state index in [-0.39, 0.29) is 5.91 Å². The van der Waals surface area contributed by atoms with Crippen LogP contribution in [0.1, 0.15) is 25.3 Å². The number of likely N-dealkylation sites (N-methyl/N-ethyl adjacent to an activating group) is 1. The normalized spacial score (nSPS) is 13.7. The van der Waals surface area contributed by atoms with E-state index in [0.717, 1.165) is 12.2 Å². The van der Waals surface area contributed by atoms with Gasteiger partial charge in [-0.3, -0.25) is 4.79 Å². The van der Waals surface area contributed by atoms with Crippen LogP contribution in [0.25, 0.3) is 0 Å². The molecule has 0 radical (unpaired) electrons. The lowest BCUT2D eigenvalue weighted by molar-refractivity contribution is -0.119. The number of carbonyl (C=O) groups is 1. The number of hydrogen-bond acceptors (Lipinski definition) is 3. The van der Waals surface area contributed by atoms with Gasteiger partial charge in [0, 0.05) is 18.8 Å². The van der Waals surface area contributed by atoms with Gasteiger partial charge >= 0.3 is 0 Å². The molecule has 20 heavy (non-hydrogen) atoms. The maximum absolute atomic E-state index is 11.8. The highest BCUT2D eigenvalue weighted by Gasteiger charge is 2.25. The van der Waals surface area contributed by atoms with Crippen molar-refractivity contribution in [3.8, 4) is 6.07 Å². The van der Waals surface area contributed by atoms with E-state index in [9.17, 15) is 4.79 Å². The molecule has 1 fully saturated rings. The summed E-state index contributed by atoms with van der Waals surface area (Å²) in [5, 5.41) is 12.1. The fourth-order valence-corrected chi connectivity index (χ4v) is 2.31. The Hall–Kier alpha value is -1.73. The van der Waals surface area contributed by atoms with Crippen molar-refractivity contribution in [3.63, 3.8) is 0 Å². The smallest absolute Gasteiger partial charge is 0.239 e. The van der Waals surface area contributed by atoms with Crippen molar-refractivity contribution in [3.05, 3.63) is 28.8 Å². The van der Waals surface area contributed by atoms with Gasteiger partial charge in [-0.05, 0) is 43.9 Å². The van der Waals surface area contributed by atoms with Crippen LogP contribution < -0.4 is 10.2 Å². The van der Waals surface area contributed by atoms with Gasteiger partial charge in [0.25, 0.3) is 0 Å². The maximum Gasteiger partial charge on any atom is 0.239 e. The van der Waals surface area contributed by atoms with Gasteiger partial charge in [-0.15, -0.1) is 0 Å². The minimum Gasteiger partial charge on any atom is -0.362 e. The van der Waals surface area contributed by atoms with Gasteiger partial charge in [-0.25, -0.2) is 0 Å². The number of nitrogens with one attached hydrogen (secondary N) is 1. The second kappa shape index (κ2) is 6.62. The van der Waals surface area contributed by atoms with Crippen molar-refractivity contribution >= 4 is 23.2 Å². The minimum atomic E-state index is 0.00799. The molecule has 1 N–H and O–H groups in total. The van der Waals surface area contributed by atoms with Crippen molar-refractivity contribution in [2.45, 2.75) is 19.8 Å². The zero-order chi connectivity index (χ0) is 14.5. The van der Waals surface area contributed by atoms with Crippen LogP contribution in [0, 0.1) is 17.2 Å². The van der Waals surface area contributed by atoms with Gasteiger partial charge in [0.15, 0.2) is 0 Å². The number of halogens is 1. The monoisotopic (exact) mass is 291 g/mol. The molecule has 1 aliphatic carbocycles. The van der Waals surface area contributed by atoms with Crippen LogP contribution in [-0.2, 0) is 4.79 Å². The molecular weight excluding hydrogens is 274 g/mol. The molecule has 4 nitrogen and oxygen atoms in total. The third-order valence-corrected chi connectivity index (χ3v) is 3.63. The molecule has 0 aromatic heterocycles. The van der Waals surface area contributed by atoms with Gasteiger partial charge in [-0.2, -0.15) is 5.26 Å². The van der Waals surface area contributed by atoms with Crippen LogP contribution in [0.5, 0.6) is 0 Å².